The SMILES string of the molecule is CC(CNC(=O)Cc1ccc(-n2cccn2)cc1)c1nc2ccccc2s1. The maximum atomic E-state index is 12.3. The van der Waals surface area contributed by atoms with Crippen molar-refractivity contribution in [3.8, 4) is 5.69 Å². The molecule has 0 saturated heterocycles. The van der Waals surface area contributed by atoms with Crippen molar-refractivity contribution >= 4 is 27.5 Å². The van der Waals surface area contributed by atoms with Crippen LogP contribution in [-0.4, -0.2) is 27.2 Å². The van der Waals surface area contributed by atoms with Crippen LogP contribution in [0.4, 0.5) is 0 Å². The Bertz CT molecular complexity index is 1000. The van der Waals surface area contributed by atoms with E-state index in [2.05, 4.69) is 28.4 Å². The van der Waals surface area contributed by atoms with Gasteiger partial charge in [-0.1, -0.05) is 31.2 Å². The van der Waals surface area contributed by atoms with Gasteiger partial charge >= 0.3 is 0 Å². The molecule has 1 unspecified atom stereocenters. The van der Waals surface area contributed by atoms with Crippen LogP contribution in [0.3, 0.4) is 0 Å². The van der Waals surface area contributed by atoms with Crippen molar-refractivity contribution in [2.45, 2.75) is 19.3 Å². The maximum Gasteiger partial charge on any atom is 0.224 e. The smallest absolute Gasteiger partial charge is 0.224 e. The number of nitrogens with one attached hydrogen (secondary N) is 1. The van der Waals surface area contributed by atoms with Gasteiger partial charge in [0.1, 0.15) is 0 Å². The highest BCUT2D eigenvalue weighted by Crippen LogP contribution is 2.26. The molecule has 0 aliphatic heterocycles. The number of amides is 1. The molecule has 1 atom stereocenters. The molecular formula is C21H20N4OS. The lowest BCUT2D eigenvalue weighted by atomic mass is 10.1. The number of thiazole rings is 1. The number of carbonyl (C=O) groups is 1. The van der Waals surface area contributed by atoms with Crippen LogP contribution in [0.15, 0.2) is 67.0 Å². The van der Waals surface area contributed by atoms with E-state index in [0.717, 1.165) is 21.8 Å². The standard InChI is InChI=1S/C21H20N4OS/c1-15(21-24-18-5-2-3-6-19(18)27-21)14-22-20(26)13-16-7-9-17(10-8-16)25-12-4-11-23-25/h2-12,15H,13-14H2,1H3,(H,22,26). The van der Waals surface area contributed by atoms with Crippen molar-refractivity contribution < 1.29 is 4.79 Å². The Kier molecular flexibility index (Phi) is 4.98. The Morgan fingerprint density at radius 3 is 2.70 bits per heavy atom. The van der Waals surface area contributed by atoms with Crippen molar-refractivity contribution in [1.82, 2.24) is 20.1 Å². The Morgan fingerprint density at radius 1 is 1.15 bits per heavy atom. The topological polar surface area (TPSA) is 59.8 Å². The molecule has 0 radical (unpaired) electrons. The van der Waals surface area contributed by atoms with Gasteiger partial charge in [-0.25, -0.2) is 9.67 Å². The van der Waals surface area contributed by atoms with Crippen molar-refractivity contribution in [1.29, 1.82) is 0 Å². The number of hydrogen-bond donors (Lipinski definition) is 1. The molecule has 0 aliphatic carbocycles. The molecule has 1 amide bonds. The molecule has 136 valence electrons. The van der Waals surface area contributed by atoms with Gasteiger partial charge in [0.05, 0.1) is 27.3 Å². The second-order valence-corrected chi connectivity index (χ2v) is 7.58. The molecule has 4 aromatic rings. The molecule has 0 aliphatic rings. The summed E-state index contributed by atoms with van der Waals surface area (Å²) in [4.78, 5) is 17.0. The molecule has 2 aromatic heterocycles. The molecular weight excluding hydrogens is 356 g/mol. The average Bonchev–Trinajstić information content (AvgIpc) is 3.36. The van der Waals surface area contributed by atoms with Gasteiger partial charge in [0.25, 0.3) is 0 Å². The van der Waals surface area contributed by atoms with Gasteiger partial charge < -0.3 is 5.32 Å². The lowest BCUT2D eigenvalue weighted by Gasteiger charge is -2.10. The Hall–Kier alpha value is -2.99. The highest BCUT2D eigenvalue weighted by atomic mass is 32.1. The van der Waals surface area contributed by atoms with Crippen LogP contribution in [0, 0.1) is 0 Å². The van der Waals surface area contributed by atoms with Gasteiger partial charge in [-0.2, -0.15) is 5.10 Å². The minimum atomic E-state index is 0.0230. The summed E-state index contributed by atoms with van der Waals surface area (Å²) in [6.45, 7) is 2.68. The van der Waals surface area contributed by atoms with Crippen molar-refractivity contribution in [3.63, 3.8) is 0 Å². The van der Waals surface area contributed by atoms with E-state index in [1.807, 2.05) is 54.7 Å². The summed E-state index contributed by atoms with van der Waals surface area (Å²) in [5.74, 6) is 0.211. The van der Waals surface area contributed by atoms with E-state index in [1.54, 1.807) is 22.2 Å². The van der Waals surface area contributed by atoms with Crippen molar-refractivity contribution in [2.75, 3.05) is 6.54 Å². The van der Waals surface area contributed by atoms with E-state index in [9.17, 15) is 4.79 Å². The Balaban J connectivity index is 1.32. The second kappa shape index (κ2) is 7.72. The summed E-state index contributed by atoms with van der Waals surface area (Å²) in [6, 6.07) is 17.9. The van der Waals surface area contributed by atoms with Gasteiger partial charge in [0.2, 0.25) is 5.91 Å². The third-order valence-corrected chi connectivity index (χ3v) is 5.68. The van der Waals surface area contributed by atoms with E-state index in [0.29, 0.717) is 13.0 Å². The van der Waals surface area contributed by atoms with Crippen LogP contribution in [-0.2, 0) is 11.2 Å². The number of fused-ring (bicyclic) bond motifs is 1. The van der Waals surface area contributed by atoms with Gasteiger partial charge in [0, 0.05) is 24.9 Å². The average molecular weight is 376 g/mol. The maximum absolute atomic E-state index is 12.3. The fraction of sp³-hybridized carbons (Fsp3) is 0.190. The third-order valence-electron chi connectivity index (χ3n) is 4.41. The number of aromatic nitrogens is 3. The summed E-state index contributed by atoms with van der Waals surface area (Å²) in [5, 5.41) is 8.28. The minimum absolute atomic E-state index is 0.0230. The summed E-state index contributed by atoms with van der Waals surface area (Å²) >= 11 is 1.69. The molecule has 0 fully saturated rings. The summed E-state index contributed by atoms with van der Waals surface area (Å²) < 4.78 is 2.98. The van der Waals surface area contributed by atoms with Crippen molar-refractivity contribution in [2.24, 2.45) is 0 Å². The lowest BCUT2D eigenvalue weighted by Crippen LogP contribution is -2.28. The molecule has 0 bridgehead atoms. The monoisotopic (exact) mass is 376 g/mol. The highest BCUT2D eigenvalue weighted by Gasteiger charge is 2.13. The number of nitrogens with zero attached hydrogens (tertiary/aromatic N) is 3. The molecule has 6 heteroatoms. The molecule has 0 saturated carbocycles. The summed E-state index contributed by atoms with van der Waals surface area (Å²) in [6.07, 6.45) is 4.01. The highest BCUT2D eigenvalue weighted by molar-refractivity contribution is 7.18. The van der Waals surface area contributed by atoms with Gasteiger partial charge in [0.15, 0.2) is 0 Å². The fourth-order valence-corrected chi connectivity index (χ4v) is 3.91. The van der Waals surface area contributed by atoms with Gasteiger partial charge in [-0.3, -0.25) is 4.79 Å². The van der Waals surface area contributed by atoms with Gasteiger partial charge in [-0.15, -0.1) is 11.3 Å². The number of hydrogen-bond acceptors (Lipinski definition) is 4. The zero-order valence-corrected chi connectivity index (χ0v) is 15.8. The number of para-hydroxylation sites is 1. The van der Waals surface area contributed by atoms with Crippen molar-refractivity contribution in [3.05, 3.63) is 77.6 Å². The normalized spacial score (nSPS) is 12.2. The van der Waals surface area contributed by atoms with Crippen LogP contribution >= 0.6 is 11.3 Å². The largest absolute Gasteiger partial charge is 0.355 e. The molecule has 4 rings (SSSR count). The summed E-state index contributed by atoms with van der Waals surface area (Å²) in [5.41, 5.74) is 2.98. The fourth-order valence-electron chi connectivity index (χ4n) is 2.89. The number of carbonyl (C=O) groups excluding carboxylic acids is 1. The third kappa shape index (κ3) is 4.06. The molecule has 5 nitrogen and oxygen atoms in total. The van der Waals surface area contributed by atoms with Crippen LogP contribution < -0.4 is 5.32 Å². The van der Waals surface area contributed by atoms with E-state index in [1.165, 1.54) is 4.70 Å². The Labute approximate surface area is 161 Å². The predicted molar refractivity (Wildman–Crippen MR) is 108 cm³/mol. The quantitative estimate of drug-likeness (QED) is 0.554. The zero-order chi connectivity index (χ0) is 18.6. The summed E-state index contributed by atoms with van der Waals surface area (Å²) in [7, 11) is 0. The van der Waals surface area contributed by atoms with E-state index in [4.69, 9.17) is 0 Å². The first-order valence-corrected chi connectivity index (χ1v) is 9.72. The molecule has 2 heterocycles. The first-order chi connectivity index (χ1) is 13.2. The molecule has 1 N–H and O–H groups in total. The Morgan fingerprint density at radius 2 is 1.96 bits per heavy atom. The van der Waals surface area contributed by atoms with Crippen LogP contribution in [0.1, 0.15) is 23.4 Å². The first-order valence-electron chi connectivity index (χ1n) is 8.90. The first kappa shape index (κ1) is 17.4. The van der Waals surface area contributed by atoms with Crippen LogP contribution in [0.2, 0.25) is 0 Å². The lowest BCUT2D eigenvalue weighted by molar-refractivity contribution is -0.120. The molecule has 0 spiro atoms. The number of rotatable bonds is 6. The van der Waals surface area contributed by atoms with E-state index < -0.39 is 0 Å². The molecule has 2 aromatic carbocycles. The van der Waals surface area contributed by atoms with Crippen LogP contribution in [0.5, 0.6) is 0 Å². The molecule has 27 heavy (non-hydrogen) atoms. The zero-order valence-electron chi connectivity index (χ0n) is 15.0. The van der Waals surface area contributed by atoms with E-state index >= 15 is 0 Å². The predicted octanol–water partition coefficient (Wildman–Crippen LogP) is 3.94. The van der Waals surface area contributed by atoms with Gasteiger partial charge in [-0.05, 0) is 35.9 Å². The van der Waals surface area contributed by atoms with Crippen LogP contribution in [0.25, 0.3) is 15.9 Å². The number of benzene rings is 2. The minimum Gasteiger partial charge on any atom is -0.355 e. The van der Waals surface area contributed by atoms with E-state index in [-0.39, 0.29) is 11.8 Å². The second-order valence-electron chi connectivity index (χ2n) is 6.52.